The lowest BCUT2D eigenvalue weighted by Crippen LogP contribution is -2.17. The molecule has 0 atom stereocenters. The Kier molecular flexibility index (Phi) is 6.19. The van der Waals surface area contributed by atoms with E-state index in [2.05, 4.69) is 39.6 Å². The predicted molar refractivity (Wildman–Crippen MR) is 97.9 cm³/mol. The maximum atomic E-state index is 6.16. The van der Waals surface area contributed by atoms with Gasteiger partial charge >= 0.3 is 0 Å². The van der Waals surface area contributed by atoms with Gasteiger partial charge in [-0.2, -0.15) is 4.98 Å². The third kappa shape index (κ3) is 5.69. The zero-order valence-electron chi connectivity index (χ0n) is 14.2. The zero-order chi connectivity index (χ0) is 16.8. The van der Waals surface area contributed by atoms with Crippen LogP contribution in [0, 0.1) is 13.8 Å². The van der Waals surface area contributed by atoms with Crippen molar-refractivity contribution in [3.8, 4) is 0 Å². The normalized spacial score (nSPS) is 10.9. The van der Waals surface area contributed by atoms with Crippen LogP contribution in [-0.2, 0) is 0 Å². The van der Waals surface area contributed by atoms with Gasteiger partial charge in [0, 0.05) is 29.0 Å². The highest BCUT2D eigenvalue weighted by atomic mass is 35.5. The molecule has 0 bridgehead atoms. The summed E-state index contributed by atoms with van der Waals surface area (Å²) in [6.07, 6.45) is 1.04. The van der Waals surface area contributed by atoms with E-state index >= 15 is 0 Å². The fourth-order valence-corrected chi connectivity index (χ4v) is 2.31. The molecule has 1 aromatic heterocycles. The van der Waals surface area contributed by atoms with E-state index in [9.17, 15) is 0 Å². The van der Waals surface area contributed by atoms with Gasteiger partial charge in [0.2, 0.25) is 5.95 Å². The first-order chi connectivity index (χ1) is 10.9. The minimum atomic E-state index is 0.643. The highest BCUT2D eigenvalue weighted by Crippen LogP contribution is 2.23. The van der Waals surface area contributed by atoms with Crippen LogP contribution in [0.15, 0.2) is 24.3 Å². The molecule has 2 rings (SSSR count). The topological polar surface area (TPSA) is 53.1 Å². The fraction of sp³-hybridized carbons (Fsp3) is 0.412. The number of anilines is 3. The standard InChI is InChI=1S/C17H24ClN5/c1-12-6-7-14(11-15(12)18)21-16-10-13(2)20-17(22-16)19-8-5-9-23(3)4/h6-7,10-11H,5,8-9H2,1-4H3,(H2,19,20,21,22). The van der Waals surface area contributed by atoms with Gasteiger partial charge in [-0.25, -0.2) is 4.98 Å². The van der Waals surface area contributed by atoms with Crippen LogP contribution in [0.1, 0.15) is 17.7 Å². The number of halogens is 1. The molecule has 124 valence electrons. The second kappa shape index (κ2) is 8.13. The van der Waals surface area contributed by atoms with Crippen LogP contribution >= 0.6 is 11.6 Å². The van der Waals surface area contributed by atoms with E-state index < -0.39 is 0 Å². The quantitative estimate of drug-likeness (QED) is 0.754. The van der Waals surface area contributed by atoms with Crippen molar-refractivity contribution in [3.63, 3.8) is 0 Å². The molecule has 0 unspecified atom stereocenters. The zero-order valence-corrected chi connectivity index (χ0v) is 14.9. The number of aryl methyl sites for hydroxylation is 2. The Morgan fingerprint density at radius 2 is 1.91 bits per heavy atom. The molecule has 23 heavy (non-hydrogen) atoms. The van der Waals surface area contributed by atoms with E-state index in [0.717, 1.165) is 47.3 Å². The molecule has 0 aliphatic heterocycles. The first-order valence-corrected chi connectivity index (χ1v) is 8.09. The summed E-state index contributed by atoms with van der Waals surface area (Å²) in [7, 11) is 4.13. The Morgan fingerprint density at radius 1 is 1.13 bits per heavy atom. The predicted octanol–water partition coefficient (Wildman–Crippen LogP) is 3.85. The van der Waals surface area contributed by atoms with E-state index in [1.165, 1.54) is 0 Å². The van der Waals surface area contributed by atoms with E-state index in [1.54, 1.807) is 0 Å². The van der Waals surface area contributed by atoms with E-state index in [1.807, 2.05) is 38.1 Å². The van der Waals surface area contributed by atoms with Gasteiger partial charge in [-0.1, -0.05) is 17.7 Å². The lowest BCUT2D eigenvalue weighted by molar-refractivity contribution is 0.405. The molecule has 0 radical (unpaired) electrons. The minimum absolute atomic E-state index is 0.643. The van der Waals surface area contributed by atoms with Gasteiger partial charge in [0.05, 0.1) is 0 Å². The maximum Gasteiger partial charge on any atom is 0.224 e. The summed E-state index contributed by atoms with van der Waals surface area (Å²) >= 11 is 6.16. The first-order valence-electron chi connectivity index (χ1n) is 7.71. The Labute approximate surface area is 143 Å². The number of nitrogens with zero attached hydrogens (tertiary/aromatic N) is 3. The van der Waals surface area contributed by atoms with Gasteiger partial charge in [-0.3, -0.25) is 0 Å². The summed E-state index contributed by atoms with van der Waals surface area (Å²) in [5, 5.41) is 7.29. The smallest absolute Gasteiger partial charge is 0.224 e. The van der Waals surface area contributed by atoms with Gasteiger partial charge in [0.1, 0.15) is 5.82 Å². The average molecular weight is 334 g/mol. The van der Waals surface area contributed by atoms with Gasteiger partial charge in [-0.15, -0.1) is 0 Å². The van der Waals surface area contributed by atoms with Gasteiger partial charge < -0.3 is 15.5 Å². The SMILES string of the molecule is Cc1cc(Nc2ccc(C)c(Cl)c2)nc(NCCCN(C)C)n1. The molecule has 6 heteroatoms. The maximum absolute atomic E-state index is 6.16. The summed E-state index contributed by atoms with van der Waals surface area (Å²) in [5.41, 5.74) is 2.88. The van der Waals surface area contributed by atoms with Gasteiger partial charge in [0.25, 0.3) is 0 Å². The first kappa shape index (κ1) is 17.5. The second-order valence-corrected chi connectivity index (χ2v) is 6.30. The van der Waals surface area contributed by atoms with Crippen LogP contribution in [0.5, 0.6) is 0 Å². The highest BCUT2D eigenvalue weighted by molar-refractivity contribution is 6.31. The molecule has 0 amide bonds. The van der Waals surface area contributed by atoms with Crippen molar-refractivity contribution in [2.45, 2.75) is 20.3 Å². The van der Waals surface area contributed by atoms with Crippen molar-refractivity contribution in [3.05, 3.63) is 40.5 Å². The molecule has 1 heterocycles. The molecule has 0 fully saturated rings. The minimum Gasteiger partial charge on any atom is -0.354 e. The molecule has 0 saturated heterocycles. The van der Waals surface area contributed by atoms with Crippen molar-refractivity contribution in [2.24, 2.45) is 0 Å². The number of hydrogen-bond acceptors (Lipinski definition) is 5. The summed E-state index contributed by atoms with van der Waals surface area (Å²) in [4.78, 5) is 11.1. The molecule has 5 nitrogen and oxygen atoms in total. The van der Waals surface area contributed by atoms with Crippen LogP contribution < -0.4 is 10.6 Å². The summed E-state index contributed by atoms with van der Waals surface area (Å²) < 4.78 is 0. The molecule has 0 saturated carbocycles. The number of nitrogens with one attached hydrogen (secondary N) is 2. The van der Waals surface area contributed by atoms with Gasteiger partial charge in [0.15, 0.2) is 0 Å². The second-order valence-electron chi connectivity index (χ2n) is 5.89. The average Bonchev–Trinajstić information content (AvgIpc) is 2.47. The van der Waals surface area contributed by atoms with Crippen molar-refractivity contribution < 1.29 is 0 Å². The lowest BCUT2D eigenvalue weighted by Gasteiger charge is -2.12. The van der Waals surface area contributed by atoms with Crippen LogP contribution in [0.25, 0.3) is 0 Å². The Balaban J connectivity index is 2.03. The van der Waals surface area contributed by atoms with Crippen molar-refractivity contribution in [2.75, 3.05) is 37.8 Å². The third-order valence-corrected chi connectivity index (χ3v) is 3.77. The van der Waals surface area contributed by atoms with Crippen molar-refractivity contribution in [1.29, 1.82) is 0 Å². The summed E-state index contributed by atoms with van der Waals surface area (Å²) in [5.74, 6) is 1.40. The molecular weight excluding hydrogens is 310 g/mol. The highest BCUT2D eigenvalue weighted by Gasteiger charge is 2.04. The summed E-state index contributed by atoms with van der Waals surface area (Å²) in [6.45, 7) is 5.82. The third-order valence-electron chi connectivity index (χ3n) is 3.36. The van der Waals surface area contributed by atoms with E-state index in [-0.39, 0.29) is 0 Å². The molecular formula is C17H24ClN5. The molecule has 1 aromatic carbocycles. The lowest BCUT2D eigenvalue weighted by atomic mass is 10.2. The largest absolute Gasteiger partial charge is 0.354 e. The van der Waals surface area contributed by atoms with Crippen LogP contribution in [-0.4, -0.2) is 42.1 Å². The summed E-state index contributed by atoms with van der Waals surface area (Å²) in [6, 6.07) is 7.79. The Morgan fingerprint density at radius 3 is 2.61 bits per heavy atom. The van der Waals surface area contributed by atoms with E-state index in [4.69, 9.17) is 11.6 Å². The van der Waals surface area contributed by atoms with Crippen LogP contribution in [0.4, 0.5) is 17.5 Å². The molecule has 0 spiro atoms. The number of aromatic nitrogens is 2. The van der Waals surface area contributed by atoms with Crippen LogP contribution in [0.3, 0.4) is 0 Å². The number of rotatable bonds is 7. The Bertz CT molecular complexity index is 657. The van der Waals surface area contributed by atoms with Crippen molar-refractivity contribution >= 4 is 29.1 Å². The van der Waals surface area contributed by atoms with E-state index in [0.29, 0.717) is 5.95 Å². The molecule has 0 aliphatic rings. The van der Waals surface area contributed by atoms with Crippen molar-refractivity contribution in [1.82, 2.24) is 14.9 Å². The number of benzene rings is 1. The Hall–Kier alpha value is -1.85. The number of hydrogen-bond donors (Lipinski definition) is 2. The fourth-order valence-electron chi connectivity index (χ4n) is 2.13. The molecule has 2 aromatic rings. The van der Waals surface area contributed by atoms with Gasteiger partial charge in [-0.05, 0) is 58.6 Å². The molecule has 2 N–H and O–H groups in total. The monoisotopic (exact) mass is 333 g/mol. The molecule has 0 aliphatic carbocycles. The van der Waals surface area contributed by atoms with Crippen LogP contribution in [0.2, 0.25) is 5.02 Å².